The minimum absolute atomic E-state index is 0.880. The van der Waals surface area contributed by atoms with Crippen LogP contribution in [0.2, 0.25) is 0 Å². The lowest BCUT2D eigenvalue weighted by molar-refractivity contribution is 0.479. The molecule has 4 N–H and O–H groups in total. The predicted molar refractivity (Wildman–Crippen MR) is 118 cm³/mol. The maximum absolute atomic E-state index is 6.39. The van der Waals surface area contributed by atoms with E-state index in [0.717, 1.165) is 74.2 Å². The largest absolute Gasteiger partial charge is 0.457 e. The Hall–Kier alpha value is -2.16. The van der Waals surface area contributed by atoms with Crippen LogP contribution in [0, 0.1) is 0 Å². The molecule has 0 spiro atoms. The Balaban J connectivity index is 2.42. The van der Waals surface area contributed by atoms with E-state index in [0.29, 0.717) is 0 Å². The lowest BCUT2D eigenvalue weighted by Crippen LogP contribution is -2.03. The third-order valence-electron chi connectivity index (χ3n) is 4.96. The quantitative estimate of drug-likeness (QED) is 0.473. The van der Waals surface area contributed by atoms with Gasteiger partial charge < -0.3 is 16.2 Å². The Kier molecular flexibility index (Phi) is 8.02. The maximum Gasteiger partial charge on any atom is 0.128 e. The van der Waals surface area contributed by atoms with Gasteiger partial charge in [-0.05, 0) is 72.2 Å². The third-order valence-corrected chi connectivity index (χ3v) is 4.96. The summed E-state index contributed by atoms with van der Waals surface area (Å²) in [5.74, 6) is 1.76. The van der Waals surface area contributed by atoms with Crippen molar-refractivity contribution in [3.05, 3.63) is 46.5 Å². The van der Waals surface area contributed by atoms with Crippen molar-refractivity contribution in [3.63, 3.8) is 0 Å². The standard InChI is InChI=1S/C24H36N2O/c1-5-9-17-13-21(14-18(10-6-2)23(17)25)27-22-15-19(11-7-3)24(26)20(16-22)12-8-4/h13-16H,5-12,25-26H2,1-4H3. The first-order valence-electron chi connectivity index (χ1n) is 10.5. The SMILES string of the molecule is CCCc1cc(Oc2cc(CCC)c(N)c(CCC)c2)cc(CCC)c1N. The second-order valence-corrected chi connectivity index (χ2v) is 7.41. The van der Waals surface area contributed by atoms with Crippen LogP contribution in [0.3, 0.4) is 0 Å². The third kappa shape index (κ3) is 5.41. The van der Waals surface area contributed by atoms with E-state index in [9.17, 15) is 0 Å². The van der Waals surface area contributed by atoms with E-state index in [1.54, 1.807) is 0 Å². The van der Waals surface area contributed by atoms with Gasteiger partial charge >= 0.3 is 0 Å². The first-order valence-corrected chi connectivity index (χ1v) is 10.5. The van der Waals surface area contributed by atoms with E-state index in [-0.39, 0.29) is 0 Å². The molecule has 0 fully saturated rings. The summed E-state index contributed by atoms with van der Waals surface area (Å²) in [7, 11) is 0. The molecule has 2 aromatic carbocycles. The molecular weight excluding hydrogens is 332 g/mol. The molecule has 0 aliphatic carbocycles. The molecule has 27 heavy (non-hydrogen) atoms. The zero-order valence-electron chi connectivity index (χ0n) is 17.5. The molecule has 0 bridgehead atoms. The monoisotopic (exact) mass is 368 g/mol. The van der Waals surface area contributed by atoms with Crippen LogP contribution in [-0.2, 0) is 25.7 Å². The van der Waals surface area contributed by atoms with E-state index >= 15 is 0 Å². The van der Waals surface area contributed by atoms with Crippen molar-refractivity contribution in [1.82, 2.24) is 0 Å². The fourth-order valence-corrected chi connectivity index (χ4v) is 3.65. The lowest BCUT2D eigenvalue weighted by Gasteiger charge is -2.17. The second kappa shape index (κ2) is 10.2. The molecule has 0 aliphatic heterocycles. The van der Waals surface area contributed by atoms with Crippen molar-refractivity contribution in [2.24, 2.45) is 0 Å². The molecular formula is C24H36N2O. The highest BCUT2D eigenvalue weighted by Gasteiger charge is 2.12. The van der Waals surface area contributed by atoms with Gasteiger partial charge in [-0.15, -0.1) is 0 Å². The van der Waals surface area contributed by atoms with Crippen molar-refractivity contribution in [1.29, 1.82) is 0 Å². The molecule has 2 rings (SSSR count). The minimum atomic E-state index is 0.880. The molecule has 0 saturated carbocycles. The van der Waals surface area contributed by atoms with Crippen LogP contribution in [0.1, 0.15) is 75.6 Å². The number of hydrogen-bond donors (Lipinski definition) is 2. The number of aryl methyl sites for hydroxylation is 4. The molecule has 2 aromatic rings. The first kappa shape index (κ1) is 21.1. The number of nitrogen functional groups attached to an aromatic ring is 2. The van der Waals surface area contributed by atoms with Gasteiger partial charge in [0.1, 0.15) is 11.5 Å². The van der Waals surface area contributed by atoms with Gasteiger partial charge in [0, 0.05) is 11.4 Å². The highest BCUT2D eigenvalue weighted by Crippen LogP contribution is 2.33. The number of anilines is 2. The number of hydrogen-bond acceptors (Lipinski definition) is 3. The molecule has 0 heterocycles. The molecule has 0 atom stereocenters. The van der Waals surface area contributed by atoms with Crippen molar-refractivity contribution in [3.8, 4) is 11.5 Å². The van der Waals surface area contributed by atoms with Gasteiger partial charge in [-0.3, -0.25) is 0 Å². The van der Waals surface area contributed by atoms with E-state index < -0.39 is 0 Å². The molecule has 148 valence electrons. The number of ether oxygens (including phenoxy) is 1. The fourth-order valence-electron chi connectivity index (χ4n) is 3.65. The van der Waals surface area contributed by atoms with Gasteiger partial charge in [-0.2, -0.15) is 0 Å². The lowest BCUT2D eigenvalue weighted by atomic mass is 9.99. The van der Waals surface area contributed by atoms with Crippen molar-refractivity contribution >= 4 is 11.4 Å². The number of nitrogens with two attached hydrogens (primary N) is 2. The summed E-state index contributed by atoms with van der Waals surface area (Å²) >= 11 is 0. The molecule has 0 unspecified atom stereocenters. The average Bonchev–Trinajstić information content (AvgIpc) is 2.63. The maximum atomic E-state index is 6.39. The van der Waals surface area contributed by atoms with Crippen LogP contribution in [0.5, 0.6) is 11.5 Å². The Labute approximate surface area is 165 Å². The van der Waals surface area contributed by atoms with Crippen LogP contribution in [0.15, 0.2) is 24.3 Å². The minimum Gasteiger partial charge on any atom is -0.457 e. The van der Waals surface area contributed by atoms with Crippen LogP contribution in [-0.4, -0.2) is 0 Å². The zero-order valence-corrected chi connectivity index (χ0v) is 17.5. The summed E-state index contributed by atoms with van der Waals surface area (Å²) in [5, 5.41) is 0. The highest BCUT2D eigenvalue weighted by molar-refractivity contribution is 5.60. The van der Waals surface area contributed by atoms with E-state index in [2.05, 4.69) is 52.0 Å². The van der Waals surface area contributed by atoms with Crippen LogP contribution >= 0.6 is 0 Å². The highest BCUT2D eigenvalue weighted by atomic mass is 16.5. The van der Waals surface area contributed by atoms with Gasteiger partial charge in [0.05, 0.1) is 0 Å². The summed E-state index contributed by atoms with van der Waals surface area (Å²) in [6.45, 7) is 8.72. The van der Waals surface area contributed by atoms with Gasteiger partial charge in [0.2, 0.25) is 0 Å². The molecule has 0 saturated heterocycles. The molecule has 0 aliphatic rings. The Morgan fingerprint density at radius 1 is 0.556 bits per heavy atom. The van der Waals surface area contributed by atoms with Gasteiger partial charge in [-0.25, -0.2) is 0 Å². The number of benzene rings is 2. The first-order chi connectivity index (χ1) is 13.0. The summed E-state index contributed by atoms with van der Waals surface area (Å²) in [6, 6.07) is 8.42. The summed E-state index contributed by atoms with van der Waals surface area (Å²) in [5.41, 5.74) is 19.4. The van der Waals surface area contributed by atoms with Gasteiger partial charge in [0.15, 0.2) is 0 Å². The van der Waals surface area contributed by atoms with E-state index in [1.165, 1.54) is 22.3 Å². The van der Waals surface area contributed by atoms with Gasteiger partial charge in [-0.1, -0.05) is 53.4 Å². The molecule has 0 radical (unpaired) electrons. The molecule has 0 aromatic heterocycles. The second-order valence-electron chi connectivity index (χ2n) is 7.41. The van der Waals surface area contributed by atoms with Crippen LogP contribution in [0.4, 0.5) is 11.4 Å². The zero-order chi connectivity index (χ0) is 19.8. The smallest absolute Gasteiger partial charge is 0.128 e. The average molecular weight is 369 g/mol. The molecule has 0 amide bonds. The number of rotatable bonds is 10. The Morgan fingerprint density at radius 3 is 1.04 bits per heavy atom. The Morgan fingerprint density at radius 2 is 0.815 bits per heavy atom. The van der Waals surface area contributed by atoms with Crippen molar-refractivity contribution < 1.29 is 4.74 Å². The van der Waals surface area contributed by atoms with E-state index in [1.807, 2.05) is 0 Å². The predicted octanol–water partition coefficient (Wildman–Crippen LogP) is 6.45. The topological polar surface area (TPSA) is 61.3 Å². The van der Waals surface area contributed by atoms with Gasteiger partial charge in [0.25, 0.3) is 0 Å². The van der Waals surface area contributed by atoms with Crippen molar-refractivity contribution in [2.45, 2.75) is 79.1 Å². The summed E-state index contributed by atoms with van der Waals surface area (Å²) in [6.07, 6.45) is 8.19. The molecule has 3 nitrogen and oxygen atoms in total. The van der Waals surface area contributed by atoms with Crippen LogP contribution in [0.25, 0.3) is 0 Å². The van der Waals surface area contributed by atoms with E-state index in [4.69, 9.17) is 16.2 Å². The summed E-state index contributed by atoms with van der Waals surface area (Å²) in [4.78, 5) is 0. The molecule has 3 heteroatoms. The fraction of sp³-hybridized carbons (Fsp3) is 0.500. The van der Waals surface area contributed by atoms with Crippen LogP contribution < -0.4 is 16.2 Å². The normalized spacial score (nSPS) is 11.0. The van der Waals surface area contributed by atoms with Crippen molar-refractivity contribution in [2.75, 3.05) is 11.5 Å². The Bertz CT molecular complexity index is 635. The summed E-state index contributed by atoms with van der Waals surface area (Å²) < 4.78 is 6.33.